The van der Waals surface area contributed by atoms with Crippen molar-refractivity contribution in [2.24, 2.45) is 0 Å². The van der Waals surface area contributed by atoms with Gasteiger partial charge in [0.25, 0.3) is 0 Å². The van der Waals surface area contributed by atoms with Crippen LogP contribution in [0, 0.1) is 6.92 Å². The topological polar surface area (TPSA) is 65.1 Å². The van der Waals surface area contributed by atoms with Gasteiger partial charge >= 0.3 is 0 Å². The Morgan fingerprint density at radius 3 is 2.66 bits per heavy atom. The largest absolute Gasteiger partial charge is 0.454 e. The molecule has 3 heterocycles. The predicted molar refractivity (Wildman–Crippen MR) is 111 cm³/mol. The Hall–Kier alpha value is -3.73. The minimum absolute atomic E-state index is 0.202. The first-order chi connectivity index (χ1) is 14.1. The van der Waals surface area contributed by atoms with E-state index in [0.29, 0.717) is 23.3 Å². The molecular formula is C24H18N2O3. The third-order valence-corrected chi connectivity index (χ3v) is 5.33. The van der Waals surface area contributed by atoms with E-state index in [2.05, 4.69) is 4.98 Å². The Balaban J connectivity index is 1.60. The molecule has 0 atom stereocenters. The fraction of sp³-hybridized carbons (Fsp3) is 0.125. The average molecular weight is 382 g/mol. The van der Waals surface area contributed by atoms with Crippen LogP contribution in [0.15, 0.2) is 64.8 Å². The van der Waals surface area contributed by atoms with E-state index in [1.165, 1.54) is 0 Å². The Labute approximate surface area is 167 Å². The monoisotopic (exact) mass is 382 g/mol. The van der Waals surface area contributed by atoms with Gasteiger partial charge in [0.1, 0.15) is 5.76 Å². The fourth-order valence-corrected chi connectivity index (χ4v) is 3.90. The van der Waals surface area contributed by atoms with Gasteiger partial charge in [-0.1, -0.05) is 17.7 Å². The van der Waals surface area contributed by atoms with E-state index in [1.807, 2.05) is 48.7 Å². The van der Waals surface area contributed by atoms with Crippen LogP contribution >= 0.6 is 0 Å². The molecule has 1 aliphatic rings. The van der Waals surface area contributed by atoms with Crippen LogP contribution in [0.4, 0.5) is 0 Å². The van der Waals surface area contributed by atoms with E-state index < -0.39 is 0 Å². The first-order valence-corrected chi connectivity index (χ1v) is 9.52. The van der Waals surface area contributed by atoms with E-state index >= 15 is 0 Å². The SMILES string of the molecule is CCn1c(/C=C2/C(=O)c3ccc(C)cc3C2=O)cc2oc(-c3cccnc3)cc21. The van der Waals surface area contributed by atoms with Crippen LogP contribution in [0.3, 0.4) is 0 Å². The van der Waals surface area contributed by atoms with Gasteiger partial charge in [-0.25, -0.2) is 0 Å². The number of carbonyl (C=O) groups excluding carboxylic acids is 2. The highest BCUT2D eigenvalue weighted by Crippen LogP contribution is 2.33. The fourth-order valence-electron chi connectivity index (χ4n) is 3.90. The molecule has 0 saturated carbocycles. The summed E-state index contributed by atoms with van der Waals surface area (Å²) in [4.78, 5) is 29.7. The summed E-state index contributed by atoms with van der Waals surface area (Å²) in [7, 11) is 0. The van der Waals surface area contributed by atoms with E-state index in [0.717, 1.165) is 28.1 Å². The van der Waals surface area contributed by atoms with Crippen LogP contribution in [0.25, 0.3) is 28.5 Å². The molecule has 0 spiro atoms. The highest BCUT2D eigenvalue weighted by atomic mass is 16.3. The molecule has 0 aliphatic heterocycles. The van der Waals surface area contributed by atoms with Crippen molar-refractivity contribution in [2.75, 3.05) is 0 Å². The summed E-state index contributed by atoms with van der Waals surface area (Å²) in [6, 6.07) is 13.0. The molecule has 3 aromatic heterocycles. The minimum atomic E-state index is -0.221. The highest BCUT2D eigenvalue weighted by molar-refractivity contribution is 6.41. The number of aryl methyl sites for hydroxylation is 2. The Bertz CT molecular complexity index is 1320. The number of fused-ring (bicyclic) bond motifs is 2. The summed E-state index contributed by atoms with van der Waals surface area (Å²) >= 11 is 0. The minimum Gasteiger partial charge on any atom is -0.454 e. The molecule has 0 saturated heterocycles. The van der Waals surface area contributed by atoms with Gasteiger partial charge in [-0.15, -0.1) is 0 Å². The van der Waals surface area contributed by atoms with Crippen LogP contribution in [-0.4, -0.2) is 21.1 Å². The number of rotatable bonds is 3. The van der Waals surface area contributed by atoms with E-state index in [1.54, 1.807) is 30.6 Å². The maximum absolute atomic E-state index is 12.8. The normalized spacial score (nSPS) is 14.9. The Kier molecular flexibility index (Phi) is 3.84. The lowest BCUT2D eigenvalue weighted by Gasteiger charge is -2.04. The molecule has 0 amide bonds. The number of benzene rings is 1. The third kappa shape index (κ3) is 2.66. The Morgan fingerprint density at radius 1 is 1.07 bits per heavy atom. The quantitative estimate of drug-likeness (QED) is 0.366. The van der Waals surface area contributed by atoms with Gasteiger partial charge in [-0.05, 0) is 38.1 Å². The molecule has 1 aliphatic carbocycles. The summed E-state index contributed by atoms with van der Waals surface area (Å²) in [5.41, 5.74) is 5.44. The summed E-state index contributed by atoms with van der Waals surface area (Å²) in [6.45, 7) is 4.62. The zero-order valence-corrected chi connectivity index (χ0v) is 16.1. The number of furan rings is 1. The molecule has 29 heavy (non-hydrogen) atoms. The molecule has 5 rings (SSSR count). The summed E-state index contributed by atoms with van der Waals surface area (Å²) in [5, 5.41) is 0. The number of carbonyl (C=O) groups is 2. The average Bonchev–Trinajstić information content (AvgIpc) is 3.35. The van der Waals surface area contributed by atoms with Gasteiger partial charge in [-0.2, -0.15) is 0 Å². The molecule has 0 N–H and O–H groups in total. The molecule has 0 unspecified atom stereocenters. The van der Waals surface area contributed by atoms with Crippen molar-refractivity contribution in [1.29, 1.82) is 0 Å². The molecule has 5 heteroatoms. The number of aromatic nitrogens is 2. The summed E-state index contributed by atoms with van der Waals surface area (Å²) in [6.07, 6.45) is 5.16. The lowest BCUT2D eigenvalue weighted by Crippen LogP contribution is -2.03. The second-order valence-corrected chi connectivity index (χ2v) is 7.18. The molecule has 5 nitrogen and oxygen atoms in total. The number of pyridine rings is 1. The van der Waals surface area contributed by atoms with Crippen molar-refractivity contribution in [2.45, 2.75) is 20.4 Å². The molecule has 142 valence electrons. The van der Waals surface area contributed by atoms with Gasteiger partial charge in [0.2, 0.25) is 0 Å². The van der Waals surface area contributed by atoms with E-state index in [-0.39, 0.29) is 17.1 Å². The van der Waals surface area contributed by atoms with E-state index in [9.17, 15) is 9.59 Å². The van der Waals surface area contributed by atoms with Crippen molar-refractivity contribution < 1.29 is 14.0 Å². The molecule has 0 radical (unpaired) electrons. The van der Waals surface area contributed by atoms with Gasteiger partial charge in [0.15, 0.2) is 17.1 Å². The van der Waals surface area contributed by atoms with Gasteiger partial charge in [0.05, 0.1) is 11.1 Å². The Morgan fingerprint density at radius 2 is 1.90 bits per heavy atom. The lowest BCUT2D eigenvalue weighted by molar-refractivity contribution is 0.0990. The maximum atomic E-state index is 12.8. The van der Waals surface area contributed by atoms with Crippen molar-refractivity contribution >= 4 is 28.7 Å². The first kappa shape index (κ1) is 17.4. The lowest BCUT2D eigenvalue weighted by atomic mass is 10.1. The van der Waals surface area contributed by atoms with Crippen LogP contribution in [0.5, 0.6) is 0 Å². The predicted octanol–water partition coefficient (Wildman–Crippen LogP) is 5.09. The highest BCUT2D eigenvalue weighted by Gasteiger charge is 2.33. The number of hydrogen-bond donors (Lipinski definition) is 0. The van der Waals surface area contributed by atoms with Crippen LogP contribution in [-0.2, 0) is 6.54 Å². The van der Waals surface area contributed by atoms with Crippen molar-refractivity contribution in [3.63, 3.8) is 0 Å². The zero-order valence-electron chi connectivity index (χ0n) is 16.1. The van der Waals surface area contributed by atoms with Crippen LogP contribution in [0.1, 0.15) is 38.9 Å². The molecular weight excluding hydrogens is 364 g/mol. The van der Waals surface area contributed by atoms with Gasteiger partial charge < -0.3 is 8.98 Å². The molecule has 4 aromatic rings. The van der Waals surface area contributed by atoms with Crippen LogP contribution < -0.4 is 0 Å². The first-order valence-electron chi connectivity index (χ1n) is 9.52. The smallest absolute Gasteiger partial charge is 0.197 e. The summed E-state index contributed by atoms with van der Waals surface area (Å²) < 4.78 is 8.06. The van der Waals surface area contributed by atoms with Gasteiger partial charge in [0, 0.05) is 53.5 Å². The standard InChI is InChI=1S/C24H18N2O3/c1-3-26-16(10-19-23(27)17-7-6-14(2)9-18(17)24(19)28)11-22-20(26)12-21(29-22)15-5-4-8-25-13-15/h4-13H,3H2,1-2H3/b19-10-. The number of Topliss-reactive ketones (excluding diaryl/α,β-unsaturated/α-hetero) is 2. The zero-order chi connectivity index (χ0) is 20.1. The third-order valence-electron chi connectivity index (χ3n) is 5.33. The molecule has 1 aromatic carbocycles. The molecule has 0 fully saturated rings. The van der Waals surface area contributed by atoms with Crippen molar-refractivity contribution in [3.05, 3.63) is 82.8 Å². The van der Waals surface area contributed by atoms with Crippen molar-refractivity contribution in [1.82, 2.24) is 9.55 Å². The molecule has 0 bridgehead atoms. The second kappa shape index (κ2) is 6.41. The van der Waals surface area contributed by atoms with Gasteiger partial charge in [-0.3, -0.25) is 14.6 Å². The van der Waals surface area contributed by atoms with Crippen LogP contribution in [0.2, 0.25) is 0 Å². The number of nitrogens with zero attached hydrogens (tertiary/aromatic N) is 2. The number of allylic oxidation sites excluding steroid dienone is 1. The number of hydrogen-bond acceptors (Lipinski definition) is 4. The maximum Gasteiger partial charge on any atom is 0.197 e. The summed E-state index contributed by atoms with van der Waals surface area (Å²) in [5.74, 6) is 0.298. The van der Waals surface area contributed by atoms with Crippen molar-refractivity contribution in [3.8, 4) is 11.3 Å². The number of ketones is 2. The van der Waals surface area contributed by atoms with E-state index in [4.69, 9.17) is 4.42 Å². The second-order valence-electron chi connectivity index (χ2n) is 7.18.